The second kappa shape index (κ2) is 5.81. The largest absolute Gasteiger partial charge is 0.486 e. The van der Waals surface area contributed by atoms with Crippen LogP contribution in [-0.2, 0) is 4.74 Å². The summed E-state index contributed by atoms with van der Waals surface area (Å²) in [6.07, 6.45) is 3.51. The predicted octanol–water partition coefficient (Wildman–Crippen LogP) is 3.73. The predicted molar refractivity (Wildman–Crippen MR) is 84.2 cm³/mol. The SMILES string of the molecule is COC(=O)c1ccc2c(c1)C(c1cccnc1Cl)=CC(C)O2. The number of hydrogen-bond acceptors (Lipinski definition) is 4. The van der Waals surface area contributed by atoms with Crippen LogP contribution in [0.15, 0.2) is 42.6 Å². The quantitative estimate of drug-likeness (QED) is 0.626. The van der Waals surface area contributed by atoms with Gasteiger partial charge in [-0.3, -0.25) is 0 Å². The molecular formula is C17H14ClNO3. The van der Waals surface area contributed by atoms with E-state index in [0.717, 1.165) is 16.7 Å². The van der Waals surface area contributed by atoms with E-state index >= 15 is 0 Å². The summed E-state index contributed by atoms with van der Waals surface area (Å²) in [5.41, 5.74) is 2.97. The maximum atomic E-state index is 11.8. The van der Waals surface area contributed by atoms with Crippen LogP contribution < -0.4 is 4.74 Å². The van der Waals surface area contributed by atoms with Crippen LogP contribution in [0.3, 0.4) is 0 Å². The van der Waals surface area contributed by atoms with E-state index < -0.39 is 5.97 Å². The third-order valence-corrected chi connectivity index (χ3v) is 3.76. The van der Waals surface area contributed by atoms with Crippen LogP contribution in [-0.4, -0.2) is 24.2 Å². The second-order valence-electron chi connectivity index (χ2n) is 4.95. The van der Waals surface area contributed by atoms with Gasteiger partial charge in [0.05, 0.1) is 12.7 Å². The Labute approximate surface area is 133 Å². The summed E-state index contributed by atoms with van der Waals surface area (Å²) in [5, 5.41) is 0.414. The van der Waals surface area contributed by atoms with Gasteiger partial charge in [0.2, 0.25) is 0 Å². The normalized spacial score (nSPS) is 16.3. The van der Waals surface area contributed by atoms with Gasteiger partial charge in [0, 0.05) is 17.3 Å². The van der Waals surface area contributed by atoms with Crippen molar-refractivity contribution in [3.8, 4) is 5.75 Å². The number of nitrogens with zero attached hydrogens (tertiary/aromatic N) is 1. The lowest BCUT2D eigenvalue weighted by Gasteiger charge is -2.24. The highest BCUT2D eigenvalue weighted by molar-refractivity contribution is 6.31. The highest BCUT2D eigenvalue weighted by Gasteiger charge is 2.22. The van der Waals surface area contributed by atoms with Crippen molar-refractivity contribution in [3.05, 3.63) is 64.4 Å². The fourth-order valence-corrected chi connectivity index (χ4v) is 2.69. The Morgan fingerprint density at radius 3 is 2.86 bits per heavy atom. The van der Waals surface area contributed by atoms with Crippen molar-refractivity contribution in [2.45, 2.75) is 13.0 Å². The average molecular weight is 316 g/mol. The van der Waals surface area contributed by atoms with Gasteiger partial charge in [0.15, 0.2) is 0 Å². The van der Waals surface area contributed by atoms with Crippen LogP contribution in [0.1, 0.15) is 28.4 Å². The number of methoxy groups -OCH3 is 1. The molecule has 3 rings (SSSR count). The summed E-state index contributed by atoms with van der Waals surface area (Å²) in [6, 6.07) is 8.93. The lowest BCUT2D eigenvalue weighted by Crippen LogP contribution is -2.16. The highest BCUT2D eigenvalue weighted by Crippen LogP contribution is 2.38. The zero-order chi connectivity index (χ0) is 15.7. The Morgan fingerprint density at radius 2 is 2.14 bits per heavy atom. The molecule has 2 heterocycles. The van der Waals surface area contributed by atoms with Gasteiger partial charge in [-0.15, -0.1) is 0 Å². The number of esters is 1. The molecule has 0 spiro atoms. The molecule has 1 aliphatic rings. The van der Waals surface area contributed by atoms with Crippen LogP contribution in [0.2, 0.25) is 5.15 Å². The molecule has 1 aromatic carbocycles. The van der Waals surface area contributed by atoms with E-state index in [-0.39, 0.29) is 6.10 Å². The van der Waals surface area contributed by atoms with Crippen LogP contribution in [0.4, 0.5) is 0 Å². The summed E-state index contributed by atoms with van der Waals surface area (Å²) in [6.45, 7) is 1.95. The van der Waals surface area contributed by atoms with E-state index in [4.69, 9.17) is 21.1 Å². The Hall–Kier alpha value is -2.33. The average Bonchev–Trinajstić information content (AvgIpc) is 2.53. The molecule has 1 atom stereocenters. The molecule has 4 nitrogen and oxygen atoms in total. The van der Waals surface area contributed by atoms with E-state index in [1.165, 1.54) is 7.11 Å². The molecule has 0 saturated carbocycles. The monoisotopic (exact) mass is 315 g/mol. The molecule has 0 saturated heterocycles. The van der Waals surface area contributed by atoms with E-state index in [9.17, 15) is 4.79 Å². The minimum Gasteiger partial charge on any atom is -0.486 e. The highest BCUT2D eigenvalue weighted by atomic mass is 35.5. The molecule has 1 unspecified atom stereocenters. The first kappa shape index (κ1) is 14.6. The van der Waals surface area contributed by atoms with E-state index in [0.29, 0.717) is 16.5 Å². The van der Waals surface area contributed by atoms with E-state index in [1.807, 2.05) is 25.1 Å². The smallest absolute Gasteiger partial charge is 0.337 e. The van der Waals surface area contributed by atoms with Gasteiger partial charge >= 0.3 is 5.97 Å². The summed E-state index contributed by atoms with van der Waals surface area (Å²) >= 11 is 6.22. The standard InChI is InChI=1S/C17H14ClNO3/c1-10-8-13(12-4-3-7-19-16(12)18)14-9-11(17(20)21-2)5-6-15(14)22-10/h3-10H,1-2H3. The molecule has 0 bridgehead atoms. The van der Waals surface area contributed by atoms with Gasteiger partial charge in [-0.05, 0) is 48.9 Å². The van der Waals surface area contributed by atoms with Gasteiger partial charge < -0.3 is 9.47 Å². The number of carbonyl (C=O) groups excluding carboxylic acids is 1. The molecule has 0 aliphatic carbocycles. The number of fused-ring (bicyclic) bond motifs is 1. The fraction of sp³-hybridized carbons (Fsp3) is 0.176. The van der Waals surface area contributed by atoms with Gasteiger partial charge in [-0.1, -0.05) is 11.6 Å². The molecule has 2 aromatic rings. The Morgan fingerprint density at radius 1 is 1.32 bits per heavy atom. The molecule has 5 heteroatoms. The lowest BCUT2D eigenvalue weighted by molar-refractivity contribution is 0.0600. The molecule has 0 N–H and O–H groups in total. The number of hydrogen-bond donors (Lipinski definition) is 0. The van der Waals surface area contributed by atoms with Crippen molar-refractivity contribution in [1.29, 1.82) is 0 Å². The van der Waals surface area contributed by atoms with Crippen LogP contribution in [0.25, 0.3) is 5.57 Å². The summed E-state index contributed by atoms with van der Waals surface area (Å²) in [5.74, 6) is 0.315. The van der Waals surface area contributed by atoms with Crippen molar-refractivity contribution in [3.63, 3.8) is 0 Å². The van der Waals surface area contributed by atoms with E-state index in [2.05, 4.69) is 4.98 Å². The van der Waals surface area contributed by atoms with Crippen molar-refractivity contribution in [2.75, 3.05) is 7.11 Å². The van der Waals surface area contributed by atoms with Crippen molar-refractivity contribution >= 4 is 23.1 Å². The van der Waals surface area contributed by atoms with Crippen molar-refractivity contribution < 1.29 is 14.3 Å². The number of benzene rings is 1. The first-order valence-corrected chi connectivity index (χ1v) is 7.20. The minimum atomic E-state index is -0.391. The fourth-order valence-electron chi connectivity index (χ4n) is 2.47. The number of halogens is 1. The van der Waals surface area contributed by atoms with Gasteiger partial charge in [-0.25, -0.2) is 9.78 Å². The number of ether oxygens (including phenoxy) is 2. The maximum absolute atomic E-state index is 11.8. The topological polar surface area (TPSA) is 48.4 Å². The molecule has 112 valence electrons. The van der Waals surface area contributed by atoms with Crippen molar-refractivity contribution in [2.24, 2.45) is 0 Å². The molecule has 0 amide bonds. The molecule has 0 fully saturated rings. The zero-order valence-electron chi connectivity index (χ0n) is 12.2. The molecule has 1 aliphatic heterocycles. The Kier molecular flexibility index (Phi) is 3.86. The number of aromatic nitrogens is 1. The van der Waals surface area contributed by atoms with Crippen LogP contribution >= 0.6 is 11.6 Å². The Bertz CT molecular complexity index is 770. The molecule has 1 aromatic heterocycles. The number of carbonyl (C=O) groups is 1. The van der Waals surface area contributed by atoms with E-state index in [1.54, 1.807) is 24.4 Å². The third-order valence-electron chi connectivity index (χ3n) is 3.45. The maximum Gasteiger partial charge on any atom is 0.337 e. The second-order valence-corrected chi connectivity index (χ2v) is 5.31. The lowest BCUT2D eigenvalue weighted by atomic mass is 9.93. The van der Waals surface area contributed by atoms with Gasteiger partial charge in [0.25, 0.3) is 0 Å². The van der Waals surface area contributed by atoms with Gasteiger partial charge in [-0.2, -0.15) is 0 Å². The first-order valence-electron chi connectivity index (χ1n) is 6.82. The zero-order valence-corrected chi connectivity index (χ0v) is 12.9. The molecular weight excluding hydrogens is 302 g/mol. The van der Waals surface area contributed by atoms with Crippen LogP contribution in [0.5, 0.6) is 5.75 Å². The van der Waals surface area contributed by atoms with Crippen LogP contribution in [0, 0.1) is 0 Å². The summed E-state index contributed by atoms with van der Waals surface area (Å²) in [4.78, 5) is 15.9. The number of pyridine rings is 1. The van der Waals surface area contributed by atoms with Crippen molar-refractivity contribution in [1.82, 2.24) is 4.98 Å². The first-order chi connectivity index (χ1) is 10.6. The Balaban J connectivity index is 2.16. The van der Waals surface area contributed by atoms with Gasteiger partial charge in [0.1, 0.15) is 17.0 Å². The summed E-state index contributed by atoms with van der Waals surface area (Å²) < 4.78 is 10.6. The molecule has 22 heavy (non-hydrogen) atoms. The summed E-state index contributed by atoms with van der Waals surface area (Å²) in [7, 11) is 1.36. The minimum absolute atomic E-state index is 0.0947. The molecule has 0 radical (unpaired) electrons. The third kappa shape index (κ3) is 2.57. The number of rotatable bonds is 2.